The summed E-state index contributed by atoms with van der Waals surface area (Å²) in [6, 6.07) is 12.2. The van der Waals surface area contributed by atoms with Gasteiger partial charge in [-0.15, -0.1) is 0 Å². The molecule has 0 unspecified atom stereocenters. The van der Waals surface area contributed by atoms with Crippen LogP contribution in [-0.4, -0.2) is 11.3 Å². The SMILES string of the molecule is Cc1ccc(N=Cc2coc3ccccc3c2=O)c(O)c1. The van der Waals surface area contributed by atoms with Gasteiger partial charge in [-0.3, -0.25) is 9.79 Å². The molecule has 3 aromatic rings. The molecule has 0 bridgehead atoms. The maximum Gasteiger partial charge on any atom is 0.201 e. The number of aromatic hydroxyl groups is 1. The van der Waals surface area contributed by atoms with E-state index in [9.17, 15) is 9.90 Å². The average molecular weight is 279 g/mol. The van der Waals surface area contributed by atoms with Crippen molar-refractivity contribution in [2.75, 3.05) is 0 Å². The fraction of sp³-hybridized carbons (Fsp3) is 0.0588. The van der Waals surface area contributed by atoms with Gasteiger partial charge in [0.25, 0.3) is 0 Å². The number of aliphatic imine (C=N–C) groups is 1. The number of nitrogens with zero attached hydrogens (tertiary/aromatic N) is 1. The van der Waals surface area contributed by atoms with Crippen LogP contribution in [0.2, 0.25) is 0 Å². The number of para-hydroxylation sites is 1. The van der Waals surface area contributed by atoms with Gasteiger partial charge in [0.05, 0.1) is 10.9 Å². The lowest BCUT2D eigenvalue weighted by Gasteiger charge is -2.00. The highest BCUT2D eigenvalue weighted by molar-refractivity contribution is 5.87. The zero-order valence-corrected chi connectivity index (χ0v) is 11.4. The molecule has 0 fully saturated rings. The molecule has 0 spiro atoms. The predicted octanol–water partition coefficient (Wildman–Crippen LogP) is 3.56. The fourth-order valence-electron chi connectivity index (χ4n) is 2.06. The van der Waals surface area contributed by atoms with E-state index in [0.29, 0.717) is 22.2 Å². The summed E-state index contributed by atoms with van der Waals surface area (Å²) in [6.45, 7) is 1.88. The van der Waals surface area contributed by atoms with Crippen molar-refractivity contribution in [2.45, 2.75) is 6.92 Å². The van der Waals surface area contributed by atoms with Gasteiger partial charge in [0.1, 0.15) is 23.3 Å². The van der Waals surface area contributed by atoms with Gasteiger partial charge in [-0.1, -0.05) is 18.2 Å². The van der Waals surface area contributed by atoms with Crippen LogP contribution in [0.25, 0.3) is 11.0 Å². The summed E-state index contributed by atoms with van der Waals surface area (Å²) in [5, 5.41) is 10.3. The second-order valence-corrected chi connectivity index (χ2v) is 4.77. The van der Waals surface area contributed by atoms with Gasteiger partial charge < -0.3 is 9.52 Å². The highest BCUT2D eigenvalue weighted by Crippen LogP contribution is 2.26. The van der Waals surface area contributed by atoms with Gasteiger partial charge in [0.2, 0.25) is 5.43 Å². The summed E-state index contributed by atoms with van der Waals surface area (Å²) in [5.74, 6) is 0.0800. The smallest absolute Gasteiger partial charge is 0.201 e. The van der Waals surface area contributed by atoms with E-state index in [-0.39, 0.29) is 11.2 Å². The third-order valence-electron chi connectivity index (χ3n) is 3.18. The van der Waals surface area contributed by atoms with E-state index < -0.39 is 0 Å². The summed E-state index contributed by atoms with van der Waals surface area (Å²) in [7, 11) is 0. The molecule has 3 rings (SSSR count). The second-order valence-electron chi connectivity index (χ2n) is 4.77. The van der Waals surface area contributed by atoms with E-state index in [4.69, 9.17) is 4.42 Å². The quantitative estimate of drug-likeness (QED) is 0.729. The van der Waals surface area contributed by atoms with Crippen molar-refractivity contribution in [3.63, 3.8) is 0 Å². The van der Waals surface area contributed by atoms with E-state index in [0.717, 1.165) is 5.56 Å². The van der Waals surface area contributed by atoms with E-state index in [1.165, 1.54) is 12.5 Å². The number of hydrogen-bond acceptors (Lipinski definition) is 4. The van der Waals surface area contributed by atoms with E-state index in [1.807, 2.05) is 19.1 Å². The van der Waals surface area contributed by atoms with Gasteiger partial charge in [0, 0.05) is 6.21 Å². The number of aryl methyl sites for hydroxylation is 1. The Morgan fingerprint density at radius 3 is 2.81 bits per heavy atom. The number of rotatable bonds is 2. The van der Waals surface area contributed by atoms with Crippen LogP contribution in [0.15, 0.2) is 62.9 Å². The predicted molar refractivity (Wildman–Crippen MR) is 82.6 cm³/mol. The van der Waals surface area contributed by atoms with Crippen LogP contribution in [0.1, 0.15) is 11.1 Å². The number of benzene rings is 2. The van der Waals surface area contributed by atoms with Gasteiger partial charge in [0.15, 0.2) is 0 Å². The van der Waals surface area contributed by atoms with Crippen molar-refractivity contribution < 1.29 is 9.52 Å². The van der Waals surface area contributed by atoms with Crippen molar-refractivity contribution in [2.24, 2.45) is 4.99 Å². The third-order valence-corrected chi connectivity index (χ3v) is 3.18. The Labute approximate surface area is 121 Å². The van der Waals surface area contributed by atoms with Gasteiger partial charge in [-0.2, -0.15) is 0 Å². The Kier molecular flexibility index (Phi) is 3.28. The summed E-state index contributed by atoms with van der Waals surface area (Å²) in [4.78, 5) is 16.4. The molecule has 4 nitrogen and oxygen atoms in total. The minimum atomic E-state index is -0.146. The lowest BCUT2D eigenvalue weighted by atomic mass is 10.2. The van der Waals surface area contributed by atoms with E-state index >= 15 is 0 Å². The Bertz CT molecular complexity index is 894. The van der Waals surface area contributed by atoms with E-state index in [2.05, 4.69) is 4.99 Å². The largest absolute Gasteiger partial charge is 0.506 e. The molecule has 0 aliphatic carbocycles. The second kappa shape index (κ2) is 5.25. The summed E-state index contributed by atoms with van der Waals surface area (Å²) in [5.41, 5.74) is 2.09. The Morgan fingerprint density at radius 2 is 2.00 bits per heavy atom. The van der Waals surface area contributed by atoms with Crippen molar-refractivity contribution in [3.8, 4) is 5.75 Å². The molecule has 0 saturated carbocycles. The standard InChI is InChI=1S/C17H13NO3/c1-11-6-7-14(15(19)8-11)18-9-12-10-21-16-5-3-2-4-13(16)17(12)20/h2-10,19H,1H3. The summed E-state index contributed by atoms with van der Waals surface area (Å²) < 4.78 is 5.41. The summed E-state index contributed by atoms with van der Waals surface area (Å²) in [6.07, 6.45) is 2.78. The maximum atomic E-state index is 12.3. The first-order valence-corrected chi connectivity index (χ1v) is 6.49. The number of fused-ring (bicyclic) bond motifs is 1. The van der Waals surface area contributed by atoms with Crippen molar-refractivity contribution >= 4 is 22.9 Å². The monoisotopic (exact) mass is 279 g/mol. The first-order chi connectivity index (χ1) is 10.1. The molecule has 104 valence electrons. The van der Waals surface area contributed by atoms with Crippen molar-refractivity contribution in [3.05, 3.63) is 70.1 Å². The zero-order valence-electron chi connectivity index (χ0n) is 11.4. The number of phenols is 1. The first-order valence-electron chi connectivity index (χ1n) is 6.49. The van der Waals surface area contributed by atoms with Crippen molar-refractivity contribution in [1.82, 2.24) is 0 Å². The molecule has 0 aliphatic rings. The molecular weight excluding hydrogens is 266 g/mol. The Morgan fingerprint density at radius 1 is 1.19 bits per heavy atom. The van der Waals surface area contributed by atoms with Gasteiger partial charge in [-0.25, -0.2) is 0 Å². The van der Waals surface area contributed by atoms with Crippen molar-refractivity contribution in [1.29, 1.82) is 0 Å². The van der Waals surface area contributed by atoms with Gasteiger partial charge in [-0.05, 0) is 36.8 Å². The van der Waals surface area contributed by atoms with Crippen LogP contribution < -0.4 is 5.43 Å². The molecule has 0 radical (unpaired) electrons. The minimum Gasteiger partial charge on any atom is -0.506 e. The summed E-state index contributed by atoms with van der Waals surface area (Å²) >= 11 is 0. The Hall–Kier alpha value is -2.88. The highest BCUT2D eigenvalue weighted by atomic mass is 16.3. The van der Waals surface area contributed by atoms with E-state index in [1.54, 1.807) is 30.3 Å². The maximum absolute atomic E-state index is 12.3. The molecule has 0 aliphatic heterocycles. The highest BCUT2D eigenvalue weighted by Gasteiger charge is 2.05. The number of phenolic OH excluding ortho intramolecular Hbond substituents is 1. The number of hydrogen-bond donors (Lipinski definition) is 1. The van der Waals surface area contributed by atoms with Crippen LogP contribution in [0.4, 0.5) is 5.69 Å². The van der Waals surface area contributed by atoms with Crippen LogP contribution in [0.3, 0.4) is 0 Å². The van der Waals surface area contributed by atoms with Crippen LogP contribution in [0.5, 0.6) is 5.75 Å². The third kappa shape index (κ3) is 2.56. The fourth-order valence-corrected chi connectivity index (χ4v) is 2.06. The average Bonchev–Trinajstić information content (AvgIpc) is 2.48. The van der Waals surface area contributed by atoms with Gasteiger partial charge >= 0.3 is 0 Å². The molecule has 1 N–H and O–H groups in total. The molecule has 2 aromatic carbocycles. The zero-order chi connectivity index (χ0) is 14.8. The Balaban J connectivity index is 2.03. The molecular formula is C17H13NO3. The lowest BCUT2D eigenvalue weighted by Crippen LogP contribution is -2.07. The minimum absolute atomic E-state index is 0.0800. The molecule has 0 atom stereocenters. The topological polar surface area (TPSA) is 62.8 Å². The first kappa shape index (κ1) is 13.1. The molecule has 1 heterocycles. The van der Waals surface area contributed by atoms with Crippen LogP contribution in [-0.2, 0) is 0 Å². The normalized spacial score (nSPS) is 11.3. The molecule has 0 amide bonds. The molecule has 1 aromatic heterocycles. The molecule has 21 heavy (non-hydrogen) atoms. The molecule has 0 saturated heterocycles. The van der Waals surface area contributed by atoms with Crippen LogP contribution >= 0.6 is 0 Å². The van der Waals surface area contributed by atoms with Crippen LogP contribution in [0, 0.1) is 6.92 Å². The lowest BCUT2D eigenvalue weighted by molar-refractivity contribution is 0.476. The molecule has 4 heteroatoms.